The van der Waals surface area contributed by atoms with Crippen molar-refractivity contribution in [2.45, 2.75) is 63.3 Å². The summed E-state index contributed by atoms with van der Waals surface area (Å²) < 4.78 is 0. The first-order valence-electron chi connectivity index (χ1n) is 8.15. The average Bonchev–Trinajstić information content (AvgIpc) is 3.28. The van der Waals surface area contributed by atoms with E-state index in [0.29, 0.717) is 6.42 Å². The van der Waals surface area contributed by atoms with Gasteiger partial charge in [0.2, 0.25) is 5.91 Å². The zero-order valence-corrected chi connectivity index (χ0v) is 12.2. The molecule has 0 spiro atoms. The van der Waals surface area contributed by atoms with Crippen molar-refractivity contribution in [2.24, 2.45) is 5.92 Å². The summed E-state index contributed by atoms with van der Waals surface area (Å²) in [7, 11) is 0. The molecule has 0 aliphatic heterocycles. The Morgan fingerprint density at radius 1 is 1.10 bits per heavy atom. The maximum atomic E-state index is 12.2. The maximum Gasteiger partial charge on any atom is 0.220 e. The van der Waals surface area contributed by atoms with Gasteiger partial charge in [0.15, 0.2) is 0 Å². The molecule has 0 radical (unpaired) electrons. The summed E-state index contributed by atoms with van der Waals surface area (Å²) in [6.45, 7) is 0. The zero-order valence-electron chi connectivity index (χ0n) is 12.2. The van der Waals surface area contributed by atoms with Gasteiger partial charge < -0.3 is 5.32 Å². The Hall–Kier alpha value is -1.31. The first-order valence-corrected chi connectivity index (χ1v) is 8.15. The third kappa shape index (κ3) is 3.23. The third-order valence-electron chi connectivity index (χ3n) is 4.96. The van der Waals surface area contributed by atoms with E-state index >= 15 is 0 Å². The van der Waals surface area contributed by atoms with Gasteiger partial charge in [-0.25, -0.2) is 0 Å². The van der Waals surface area contributed by atoms with Gasteiger partial charge in [0, 0.05) is 6.42 Å². The minimum atomic E-state index is -0.0368. The first-order chi connectivity index (χ1) is 9.78. The van der Waals surface area contributed by atoms with Crippen molar-refractivity contribution in [2.75, 3.05) is 0 Å². The lowest BCUT2D eigenvalue weighted by Gasteiger charge is -2.22. The molecule has 2 aliphatic rings. The maximum absolute atomic E-state index is 12.2. The molecule has 1 aromatic rings. The summed E-state index contributed by atoms with van der Waals surface area (Å²) in [6, 6.07) is 10.4. The lowest BCUT2D eigenvalue weighted by atomic mass is 9.86. The van der Waals surface area contributed by atoms with Crippen LogP contribution in [0, 0.1) is 5.92 Å². The first kappa shape index (κ1) is 13.7. The number of nitrogens with one attached hydrogen (secondary N) is 1. The quantitative estimate of drug-likeness (QED) is 0.856. The summed E-state index contributed by atoms with van der Waals surface area (Å²) in [6.07, 6.45) is 10.7. The molecule has 3 rings (SSSR count). The van der Waals surface area contributed by atoms with Gasteiger partial charge in [-0.3, -0.25) is 4.79 Å². The summed E-state index contributed by atoms with van der Waals surface area (Å²) in [5, 5.41) is 3.28. The van der Waals surface area contributed by atoms with E-state index in [-0.39, 0.29) is 11.4 Å². The van der Waals surface area contributed by atoms with Crippen LogP contribution in [-0.2, 0) is 10.3 Å². The predicted octanol–water partition coefficient (Wildman–Crippen LogP) is 4.15. The minimum Gasteiger partial charge on any atom is -0.347 e. The van der Waals surface area contributed by atoms with E-state index in [0.717, 1.165) is 25.2 Å². The van der Waals surface area contributed by atoms with Gasteiger partial charge in [0.1, 0.15) is 0 Å². The van der Waals surface area contributed by atoms with E-state index in [9.17, 15) is 4.79 Å². The molecule has 2 nitrogen and oxygen atoms in total. The number of rotatable bonds is 5. The highest BCUT2D eigenvalue weighted by Gasteiger charge is 2.45. The molecule has 2 fully saturated rings. The van der Waals surface area contributed by atoms with Gasteiger partial charge in [-0.2, -0.15) is 0 Å². The molecule has 0 aromatic heterocycles. The molecule has 2 saturated carbocycles. The molecule has 108 valence electrons. The Bertz CT molecular complexity index is 444. The molecule has 2 heteroatoms. The van der Waals surface area contributed by atoms with Gasteiger partial charge in [0.25, 0.3) is 0 Å². The minimum absolute atomic E-state index is 0.0368. The van der Waals surface area contributed by atoms with Gasteiger partial charge in [-0.15, -0.1) is 0 Å². The van der Waals surface area contributed by atoms with E-state index < -0.39 is 0 Å². The van der Waals surface area contributed by atoms with Crippen molar-refractivity contribution in [1.82, 2.24) is 5.32 Å². The summed E-state index contributed by atoms with van der Waals surface area (Å²) in [5.41, 5.74) is 1.23. The highest BCUT2D eigenvalue weighted by molar-refractivity contribution is 5.77. The number of amides is 1. The Labute approximate surface area is 122 Å². The molecule has 0 bridgehead atoms. The van der Waals surface area contributed by atoms with Crippen molar-refractivity contribution in [3.8, 4) is 0 Å². The van der Waals surface area contributed by atoms with Crippen LogP contribution in [0.25, 0.3) is 0 Å². The van der Waals surface area contributed by atoms with Gasteiger partial charge in [0.05, 0.1) is 5.54 Å². The second-order valence-corrected chi connectivity index (χ2v) is 6.54. The standard InChI is InChI=1S/C18H25NO/c20-17(12-11-15-7-3-1-4-8-15)19-18(13-14-18)16-9-5-2-6-10-16/h2,5-6,9-10,15H,1,3-4,7-8,11-14H2,(H,19,20). The Kier molecular flexibility index (Phi) is 4.09. The molecule has 0 heterocycles. The second-order valence-electron chi connectivity index (χ2n) is 6.54. The summed E-state index contributed by atoms with van der Waals surface area (Å²) >= 11 is 0. The molecule has 1 aromatic carbocycles. The molecule has 1 amide bonds. The van der Waals surface area contributed by atoms with Crippen LogP contribution >= 0.6 is 0 Å². The zero-order chi connectivity index (χ0) is 13.8. The Morgan fingerprint density at radius 3 is 2.45 bits per heavy atom. The topological polar surface area (TPSA) is 29.1 Å². The predicted molar refractivity (Wildman–Crippen MR) is 81.3 cm³/mol. The van der Waals surface area contributed by atoms with E-state index in [2.05, 4.69) is 29.6 Å². The van der Waals surface area contributed by atoms with Crippen LogP contribution in [-0.4, -0.2) is 5.91 Å². The monoisotopic (exact) mass is 271 g/mol. The molecule has 20 heavy (non-hydrogen) atoms. The normalized spacial score (nSPS) is 21.4. The molecule has 0 unspecified atom stereocenters. The van der Waals surface area contributed by atoms with Crippen molar-refractivity contribution in [3.63, 3.8) is 0 Å². The number of hydrogen-bond acceptors (Lipinski definition) is 1. The van der Waals surface area contributed by atoms with E-state index in [1.807, 2.05) is 6.07 Å². The second kappa shape index (κ2) is 5.99. The Balaban J connectivity index is 1.49. The molecule has 1 N–H and O–H groups in total. The van der Waals surface area contributed by atoms with Gasteiger partial charge >= 0.3 is 0 Å². The third-order valence-corrected chi connectivity index (χ3v) is 4.96. The van der Waals surface area contributed by atoms with E-state index in [1.165, 1.54) is 37.7 Å². The molecule has 0 atom stereocenters. The largest absolute Gasteiger partial charge is 0.347 e. The van der Waals surface area contributed by atoms with Crippen molar-refractivity contribution < 1.29 is 4.79 Å². The molecule has 2 aliphatic carbocycles. The number of hydrogen-bond donors (Lipinski definition) is 1. The molecule has 0 saturated heterocycles. The van der Waals surface area contributed by atoms with Crippen LogP contribution in [0.2, 0.25) is 0 Å². The van der Waals surface area contributed by atoms with Crippen LogP contribution in [0.5, 0.6) is 0 Å². The summed E-state index contributed by atoms with van der Waals surface area (Å²) in [4.78, 5) is 12.2. The van der Waals surface area contributed by atoms with Gasteiger partial charge in [-0.05, 0) is 30.7 Å². The number of benzene rings is 1. The fourth-order valence-electron chi connectivity index (χ4n) is 3.51. The van der Waals surface area contributed by atoms with Crippen LogP contribution in [0.3, 0.4) is 0 Å². The van der Waals surface area contributed by atoms with Crippen LogP contribution < -0.4 is 5.32 Å². The van der Waals surface area contributed by atoms with Crippen molar-refractivity contribution in [1.29, 1.82) is 0 Å². The number of carbonyl (C=O) groups is 1. The fraction of sp³-hybridized carbons (Fsp3) is 0.611. The highest BCUT2D eigenvalue weighted by Crippen LogP contribution is 2.45. The van der Waals surface area contributed by atoms with E-state index in [4.69, 9.17) is 0 Å². The summed E-state index contributed by atoms with van der Waals surface area (Å²) in [5.74, 6) is 1.04. The lowest BCUT2D eigenvalue weighted by molar-refractivity contribution is -0.122. The van der Waals surface area contributed by atoms with Gasteiger partial charge in [-0.1, -0.05) is 62.4 Å². The average molecular weight is 271 g/mol. The Morgan fingerprint density at radius 2 is 1.80 bits per heavy atom. The lowest BCUT2D eigenvalue weighted by Crippen LogP contribution is -2.34. The van der Waals surface area contributed by atoms with Crippen LogP contribution in [0.1, 0.15) is 63.4 Å². The smallest absolute Gasteiger partial charge is 0.220 e. The number of carbonyl (C=O) groups excluding carboxylic acids is 1. The van der Waals surface area contributed by atoms with Crippen LogP contribution in [0.15, 0.2) is 30.3 Å². The van der Waals surface area contributed by atoms with Crippen LogP contribution in [0.4, 0.5) is 0 Å². The SMILES string of the molecule is O=C(CCC1CCCCC1)NC1(c2ccccc2)CC1. The molecular formula is C18H25NO. The van der Waals surface area contributed by atoms with E-state index in [1.54, 1.807) is 0 Å². The highest BCUT2D eigenvalue weighted by atomic mass is 16.1. The van der Waals surface area contributed by atoms with Crippen molar-refractivity contribution in [3.05, 3.63) is 35.9 Å². The van der Waals surface area contributed by atoms with Crippen molar-refractivity contribution >= 4 is 5.91 Å². The fourth-order valence-corrected chi connectivity index (χ4v) is 3.51. The molecular weight excluding hydrogens is 246 g/mol.